The largest absolute Gasteiger partial charge is 0.323 e. The van der Waals surface area contributed by atoms with Crippen LogP contribution in [0.1, 0.15) is 24.3 Å². The lowest BCUT2D eigenvalue weighted by atomic mass is 9.88. The fourth-order valence-electron chi connectivity index (χ4n) is 2.82. The van der Waals surface area contributed by atoms with Crippen LogP contribution < -0.4 is 5.56 Å². The van der Waals surface area contributed by atoms with Crippen molar-refractivity contribution in [2.24, 2.45) is 0 Å². The van der Waals surface area contributed by atoms with Crippen LogP contribution in [0, 0.1) is 4.77 Å². The maximum absolute atomic E-state index is 12.8. The van der Waals surface area contributed by atoms with Gasteiger partial charge in [-0.1, -0.05) is 6.08 Å². The summed E-state index contributed by atoms with van der Waals surface area (Å²) in [5.41, 5.74) is 1.25. The number of likely N-dealkylation sites (N-methyl/N-ethyl adjacent to an activating group) is 1. The third-order valence-corrected chi connectivity index (χ3v) is 5.81. The van der Waals surface area contributed by atoms with Crippen molar-refractivity contribution in [1.29, 1.82) is 0 Å². The first-order valence-corrected chi connectivity index (χ1v) is 8.17. The minimum absolute atomic E-state index is 0.00602. The first-order valence-electron chi connectivity index (χ1n) is 6.94. The molecule has 0 aromatic carbocycles. The summed E-state index contributed by atoms with van der Waals surface area (Å²) in [6.07, 6.45) is 2.58. The molecule has 0 spiro atoms. The Hall–Kier alpha value is -1.24. The smallest absolute Gasteiger partial charge is 0.263 e. The molecular formula is C15H19N3OS2. The van der Waals surface area contributed by atoms with E-state index < -0.39 is 0 Å². The minimum Gasteiger partial charge on any atom is -0.323 e. The summed E-state index contributed by atoms with van der Waals surface area (Å²) in [6.45, 7) is 9.45. The molecule has 0 saturated carbocycles. The summed E-state index contributed by atoms with van der Waals surface area (Å²) in [5.74, 6) is 0. The zero-order chi connectivity index (χ0) is 15.4. The van der Waals surface area contributed by atoms with Crippen LogP contribution in [0.4, 0.5) is 0 Å². The van der Waals surface area contributed by atoms with Crippen LogP contribution >= 0.6 is 23.6 Å². The topological polar surface area (TPSA) is 41.0 Å². The van der Waals surface area contributed by atoms with Crippen LogP contribution in [0.15, 0.2) is 17.4 Å². The maximum atomic E-state index is 12.8. The molecule has 0 saturated heterocycles. The molecule has 0 amide bonds. The Morgan fingerprint density at radius 1 is 1.52 bits per heavy atom. The molecule has 3 heterocycles. The Bertz CT molecular complexity index is 841. The number of rotatable bonds is 2. The van der Waals surface area contributed by atoms with Gasteiger partial charge < -0.3 is 4.98 Å². The molecule has 0 aliphatic carbocycles. The Balaban J connectivity index is 2.32. The van der Waals surface area contributed by atoms with Crippen LogP contribution in [-0.4, -0.2) is 27.0 Å². The van der Waals surface area contributed by atoms with Gasteiger partial charge in [0.15, 0.2) is 4.77 Å². The highest BCUT2D eigenvalue weighted by Gasteiger charge is 2.33. The maximum Gasteiger partial charge on any atom is 0.263 e. The quantitative estimate of drug-likeness (QED) is 0.683. The van der Waals surface area contributed by atoms with Gasteiger partial charge in [0, 0.05) is 23.5 Å². The van der Waals surface area contributed by atoms with Crippen molar-refractivity contribution in [1.82, 2.24) is 14.5 Å². The molecule has 0 atom stereocenters. The second kappa shape index (κ2) is 4.90. The number of hydrogen-bond acceptors (Lipinski definition) is 4. The zero-order valence-electron chi connectivity index (χ0n) is 12.5. The van der Waals surface area contributed by atoms with E-state index in [0.717, 1.165) is 23.2 Å². The summed E-state index contributed by atoms with van der Waals surface area (Å²) in [7, 11) is 2.13. The van der Waals surface area contributed by atoms with Crippen molar-refractivity contribution in [2.45, 2.75) is 38.9 Å². The zero-order valence-corrected chi connectivity index (χ0v) is 14.2. The van der Waals surface area contributed by atoms with E-state index in [0.29, 0.717) is 11.3 Å². The highest BCUT2D eigenvalue weighted by atomic mass is 32.1. The molecule has 0 radical (unpaired) electrons. The number of aromatic amines is 1. The lowest BCUT2D eigenvalue weighted by Gasteiger charge is -2.39. The van der Waals surface area contributed by atoms with Crippen LogP contribution in [0.25, 0.3) is 10.2 Å². The molecule has 0 fully saturated rings. The monoisotopic (exact) mass is 321 g/mol. The molecule has 3 rings (SSSR count). The Morgan fingerprint density at radius 2 is 2.24 bits per heavy atom. The number of nitrogens with zero attached hydrogens (tertiary/aromatic N) is 2. The first kappa shape index (κ1) is 14.7. The molecule has 1 aliphatic rings. The molecule has 2 aromatic heterocycles. The van der Waals surface area contributed by atoms with Crippen LogP contribution in [0.2, 0.25) is 0 Å². The second-order valence-corrected chi connectivity index (χ2v) is 7.68. The molecule has 112 valence electrons. The lowest BCUT2D eigenvalue weighted by Crippen LogP contribution is -2.45. The highest BCUT2D eigenvalue weighted by molar-refractivity contribution is 7.71. The fraction of sp³-hybridized carbons (Fsp3) is 0.467. The van der Waals surface area contributed by atoms with Gasteiger partial charge in [-0.25, -0.2) is 0 Å². The lowest BCUT2D eigenvalue weighted by molar-refractivity contribution is 0.136. The molecule has 1 aliphatic heterocycles. The predicted octanol–water partition coefficient (Wildman–Crippen LogP) is 3.07. The van der Waals surface area contributed by atoms with Gasteiger partial charge in [-0.3, -0.25) is 14.3 Å². The number of aromatic nitrogens is 2. The number of hydrogen-bond donors (Lipinski definition) is 1. The van der Waals surface area contributed by atoms with Gasteiger partial charge in [0.25, 0.3) is 5.56 Å². The van der Waals surface area contributed by atoms with E-state index in [4.69, 9.17) is 12.2 Å². The van der Waals surface area contributed by atoms with E-state index in [1.807, 2.05) is 0 Å². The average molecular weight is 321 g/mol. The van der Waals surface area contributed by atoms with Gasteiger partial charge in [-0.05, 0) is 45.1 Å². The van der Waals surface area contributed by atoms with E-state index in [2.05, 4.69) is 37.4 Å². The summed E-state index contributed by atoms with van der Waals surface area (Å²) in [5, 5.41) is 0.812. The van der Waals surface area contributed by atoms with Crippen LogP contribution in [-0.2, 0) is 19.5 Å². The van der Waals surface area contributed by atoms with Gasteiger partial charge in [-0.2, -0.15) is 0 Å². The molecule has 21 heavy (non-hydrogen) atoms. The van der Waals surface area contributed by atoms with Crippen molar-refractivity contribution in [2.75, 3.05) is 7.05 Å². The van der Waals surface area contributed by atoms with E-state index in [1.165, 1.54) is 10.4 Å². The van der Waals surface area contributed by atoms with Gasteiger partial charge in [-0.15, -0.1) is 17.9 Å². The van der Waals surface area contributed by atoms with Crippen molar-refractivity contribution in [3.63, 3.8) is 0 Å². The van der Waals surface area contributed by atoms with Gasteiger partial charge in [0.05, 0.1) is 5.39 Å². The van der Waals surface area contributed by atoms with E-state index >= 15 is 0 Å². The second-order valence-electron chi connectivity index (χ2n) is 6.19. The third kappa shape index (κ3) is 2.22. The highest BCUT2D eigenvalue weighted by Crippen LogP contribution is 2.37. The van der Waals surface area contributed by atoms with Gasteiger partial charge in [0.1, 0.15) is 4.83 Å². The molecule has 1 N–H and O–H groups in total. The third-order valence-electron chi connectivity index (χ3n) is 4.35. The predicted molar refractivity (Wildman–Crippen MR) is 90.7 cm³/mol. The Labute approximate surface area is 132 Å². The molecule has 0 unspecified atom stereocenters. The van der Waals surface area contributed by atoms with Crippen LogP contribution in [0.5, 0.6) is 0 Å². The van der Waals surface area contributed by atoms with Crippen molar-refractivity contribution in [3.8, 4) is 0 Å². The number of allylic oxidation sites excluding steroid dienone is 1. The fourth-order valence-corrected chi connectivity index (χ4v) is 4.41. The minimum atomic E-state index is 0.00602. The molecular weight excluding hydrogens is 302 g/mol. The summed E-state index contributed by atoms with van der Waals surface area (Å²) >= 11 is 6.95. The van der Waals surface area contributed by atoms with Crippen LogP contribution in [0.3, 0.4) is 0 Å². The number of H-pyrrole nitrogens is 1. The van der Waals surface area contributed by atoms with Crippen molar-refractivity contribution in [3.05, 3.63) is 38.2 Å². The number of nitrogens with one attached hydrogen (secondary N) is 1. The van der Waals surface area contributed by atoms with Crippen molar-refractivity contribution >= 4 is 33.8 Å². The number of thiophene rings is 1. The summed E-state index contributed by atoms with van der Waals surface area (Å²) in [6, 6.07) is 0. The molecule has 4 nitrogen and oxygen atoms in total. The summed E-state index contributed by atoms with van der Waals surface area (Å²) < 4.78 is 2.06. The molecule has 6 heteroatoms. The SMILES string of the molecule is C=CCn1c(=S)[nH]c2sc3c(c2c1=O)CC(C)(C)N(C)C3. The normalized spacial score (nSPS) is 17.9. The number of fused-ring (bicyclic) bond motifs is 3. The summed E-state index contributed by atoms with van der Waals surface area (Å²) in [4.78, 5) is 20.5. The Morgan fingerprint density at radius 3 is 2.90 bits per heavy atom. The van der Waals surface area contributed by atoms with Gasteiger partial charge in [0.2, 0.25) is 0 Å². The Kier molecular flexibility index (Phi) is 3.43. The van der Waals surface area contributed by atoms with E-state index in [9.17, 15) is 4.79 Å². The molecule has 2 aromatic rings. The standard InChI is InChI=1S/C15H19N3OS2/c1-5-6-18-13(19)11-9-7-15(2,3)17(4)8-10(9)21-12(11)16-14(18)20/h5H,1,6-8H2,2-4H3,(H,16,20). The van der Waals surface area contributed by atoms with Gasteiger partial charge >= 0.3 is 0 Å². The van der Waals surface area contributed by atoms with E-state index in [-0.39, 0.29) is 11.1 Å². The van der Waals surface area contributed by atoms with E-state index in [1.54, 1.807) is 22.0 Å². The average Bonchev–Trinajstić information content (AvgIpc) is 2.71. The molecule has 0 bridgehead atoms. The van der Waals surface area contributed by atoms with Crippen molar-refractivity contribution < 1.29 is 0 Å². The first-order chi connectivity index (χ1) is 9.85.